The number of nitro groups is 1. The number of nitrogens with zero attached hydrogens (tertiary/aromatic N) is 2. The van der Waals surface area contributed by atoms with Crippen molar-refractivity contribution in [1.82, 2.24) is 4.90 Å². The third-order valence-corrected chi connectivity index (χ3v) is 3.68. The Labute approximate surface area is 150 Å². The first-order valence-corrected chi connectivity index (χ1v) is 7.69. The minimum atomic E-state index is -0.509. The van der Waals surface area contributed by atoms with Crippen LogP contribution in [0.4, 0.5) is 11.4 Å². The maximum Gasteiger partial charge on any atom is 0.272 e. The lowest BCUT2D eigenvalue weighted by Gasteiger charge is -2.17. The molecular weight excluding hydrogens is 334 g/mol. The molecule has 26 heavy (non-hydrogen) atoms. The monoisotopic (exact) mass is 351 g/mol. The summed E-state index contributed by atoms with van der Waals surface area (Å²) in [5.74, 6) is 1.69. The lowest BCUT2D eigenvalue weighted by atomic mass is 10.1. The van der Waals surface area contributed by atoms with Gasteiger partial charge in [0.1, 0.15) is 0 Å². The molecule has 0 aliphatic rings. The van der Waals surface area contributed by atoms with E-state index in [0.717, 1.165) is 0 Å². The zero-order chi connectivity index (χ0) is 19.3. The first-order chi connectivity index (χ1) is 12.3. The number of anilines is 1. The minimum absolute atomic E-state index is 0.0599. The molecule has 0 spiro atoms. The van der Waals surface area contributed by atoms with Crippen molar-refractivity contribution in [3.05, 3.63) is 69.3 Å². The van der Waals surface area contributed by atoms with Gasteiger partial charge in [0.2, 0.25) is 5.91 Å². The summed E-state index contributed by atoms with van der Waals surface area (Å²) in [4.78, 5) is 36.1. The minimum Gasteiger partial charge on any atom is -0.332 e. The number of benzene rings is 2. The molecule has 0 aliphatic heterocycles. The average molecular weight is 351 g/mol. The summed E-state index contributed by atoms with van der Waals surface area (Å²) in [6.07, 6.45) is 5.32. The maximum atomic E-state index is 12.4. The van der Waals surface area contributed by atoms with Crippen LogP contribution in [-0.4, -0.2) is 35.2 Å². The summed E-state index contributed by atoms with van der Waals surface area (Å²) < 4.78 is 0. The number of terminal acetylenes is 1. The SMILES string of the molecule is C#Cc1cccc(NC(=O)CN(C)C(=O)c2ccc([N+](=O)[O-])c(C)c2)c1. The van der Waals surface area contributed by atoms with Gasteiger partial charge in [0.05, 0.1) is 11.5 Å². The van der Waals surface area contributed by atoms with Crippen LogP contribution in [0.1, 0.15) is 21.5 Å². The number of hydrogen-bond acceptors (Lipinski definition) is 4. The van der Waals surface area contributed by atoms with Crippen molar-refractivity contribution >= 4 is 23.2 Å². The van der Waals surface area contributed by atoms with Crippen molar-refractivity contribution in [2.75, 3.05) is 18.9 Å². The van der Waals surface area contributed by atoms with Crippen molar-refractivity contribution in [1.29, 1.82) is 0 Å². The zero-order valence-electron chi connectivity index (χ0n) is 14.4. The molecule has 0 atom stereocenters. The summed E-state index contributed by atoms with van der Waals surface area (Å²) in [5, 5.41) is 13.5. The lowest BCUT2D eigenvalue weighted by Crippen LogP contribution is -2.35. The second-order valence-corrected chi connectivity index (χ2v) is 5.69. The molecule has 2 amide bonds. The molecule has 0 aliphatic carbocycles. The number of aryl methyl sites for hydroxylation is 1. The van der Waals surface area contributed by atoms with Gasteiger partial charge in [-0.05, 0) is 37.3 Å². The molecule has 1 N–H and O–H groups in total. The molecule has 7 heteroatoms. The second-order valence-electron chi connectivity index (χ2n) is 5.69. The Kier molecular flexibility index (Phi) is 5.71. The van der Waals surface area contributed by atoms with E-state index < -0.39 is 10.8 Å². The van der Waals surface area contributed by atoms with Crippen LogP contribution >= 0.6 is 0 Å². The van der Waals surface area contributed by atoms with Crippen molar-refractivity contribution in [2.45, 2.75) is 6.92 Å². The quantitative estimate of drug-likeness (QED) is 0.509. The number of nitro benzene ring substituents is 1. The van der Waals surface area contributed by atoms with E-state index in [1.807, 2.05) is 0 Å². The summed E-state index contributed by atoms with van der Waals surface area (Å²) in [6, 6.07) is 10.9. The van der Waals surface area contributed by atoms with Crippen molar-refractivity contribution in [3.8, 4) is 12.3 Å². The van der Waals surface area contributed by atoms with Crippen LogP contribution in [0.2, 0.25) is 0 Å². The molecule has 0 bridgehead atoms. The molecule has 2 aromatic carbocycles. The number of carbonyl (C=O) groups is 2. The molecule has 0 heterocycles. The van der Waals surface area contributed by atoms with E-state index >= 15 is 0 Å². The summed E-state index contributed by atoms with van der Waals surface area (Å²) in [7, 11) is 1.48. The van der Waals surface area contributed by atoms with Crippen LogP contribution in [0, 0.1) is 29.4 Å². The molecule has 0 fully saturated rings. The highest BCUT2D eigenvalue weighted by molar-refractivity contribution is 5.99. The highest BCUT2D eigenvalue weighted by Crippen LogP contribution is 2.19. The third-order valence-electron chi connectivity index (χ3n) is 3.68. The standard InChI is InChI=1S/C19H17N3O4/c1-4-14-6-5-7-16(11-14)20-18(23)12-21(3)19(24)15-8-9-17(22(25)26)13(2)10-15/h1,5-11H,12H2,2-3H3,(H,20,23). The van der Waals surface area contributed by atoms with E-state index in [2.05, 4.69) is 11.2 Å². The van der Waals surface area contributed by atoms with Gasteiger partial charge < -0.3 is 10.2 Å². The fourth-order valence-electron chi connectivity index (χ4n) is 2.39. The van der Waals surface area contributed by atoms with Crippen LogP contribution in [-0.2, 0) is 4.79 Å². The summed E-state index contributed by atoms with van der Waals surface area (Å²) >= 11 is 0. The molecule has 2 rings (SSSR count). The van der Waals surface area contributed by atoms with E-state index in [4.69, 9.17) is 6.42 Å². The molecule has 0 aromatic heterocycles. The first kappa shape index (κ1) is 18.7. The Morgan fingerprint density at radius 1 is 1.27 bits per heavy atom. The second kappa shape index (κ2) is 7.94. The highest BCUT2D eigenvalue weighted by atomic mass is 16.6. The largest absolute Gasteiger partial charge is 0.332 e. The predicted octanol–water partition coefficient (Wildman–Crippen LogP) is 2.60. The first-order valence-electron chi connectivity index (χ1n) is 7.69. The fraction of sp³-hybridized carbons (Fsp3) is 0.158. The normalized spacial score (nSPS) is 9.88. The van der Waals surface area contributed by atoms with Crippen LogP contribution in [0.25, 0.3) is 0 Å². The zero-order valence-corrected chi connectivity index (χ0v) is 14.4. The topological polar surface area (TPSA) is 92.6 Å². The Morgan fingerprint density at radius 3 is 2.62 bits per heavy atom. The highest BCUT2D eigenvalue weighted by Gasteiger charge is 2.18. The molecule has 132 valence electrons. The maximum absolute atomic E-state index is 12.4. The Morgan fingerprint density at radius 2 is 2.00 bits per heavy atom. The van der Waals surface area contributed by atoms with E-state index in [1.165, 1.54) is 30.1 Å². The molecule has 2 aromatic rings. The lowest BCUT2D eigenvalue weighted by molar-refractivity contribution is -0.385. The van der Waals surface area contributed by atoms with Gasteiger partial charge in [-0.3, -0.25) is 19.7 Å². The van der Waals surface area contributed by atoms with Gasteiger partial charge >= 0.3 is 0 Å². The fourth-order valence-corrected chi connectivity index (χ4v) is 2.39. The van der Waals surface area contributed by atoms with Gasteiger partial charge in [-0.25, -0.2) is 0 Å². The van der Waals surface area contributed by atoms with Crippen molar-refractivity contribution in [3.63, 3.8) is 0 Å². The number of amides is 2. The molecule has 0 unspecified atom stereocenters. The smallest absolute Gasteiger partial charge is 0.272 e. The number of carbonyl (C=O) groups excluding carboxylic acids is 2. The number of rotatable bonds is 5. The van der Waals surface area contributed by atoms with Crippen LogP contribution < -0.4 is 5.32 Å². The number of hydrogen-bond donors (Lipinski definition) is 1. The van der Waals surface area contributed by atoms with Crippen LogP contribution in [0.3, 0.4) is 0 Å². The average Bonchev–Trinajstić information content (AvgIpc) is 2.60. The Hall–Kier alpha value is -3.66. The van der Waals surface area contributed by atoms with E-state index in [1.54, 1.807) is 31.2 Å². The van der Waals surface area contributed by atoms with Gasteiger partial charge in [-0.1, -0.05) is 12.0 Å². The van der Waals surface area contributed by atoms with Crippen LogP contribution in [0.15, 0.2) is 42.5 Å². The number of nitrogens with one attached hydrogen (secondary N) is 1. The molecular formula is C19H17N3O4. The van der Waals surface area contributed by atoms with Crippen LogP contribution in [0.5, 0.6) is 0 Å². The van der Waals surface area contributed by atoms with Crippen molar-refractivity contribution in [2.24, 2.45) is 0 Å². The van der Waals surface area contributed by atoms with Gasteiger partial charge in [0, 0.05) is 35.5 Å². The van der Waals surface area contributed by atoms with Gasteiger partial charge in [-0.15, -0.1) is 6.42 Å². The van der Waals surface area contributed by atoms with Crippen molar-refractivity contribution < 1.29 is 14.5 Å². The van der Waals surface area contributed by atoms with E-state index in [0.29, 0.717) is 16.8 Å². The molecule has 0 radical (unpaired) electrons. The molecule has 7 nitrogen and oxygen atoms in total. The van der Waals surface area contributed by atoms with E-state index in [-0.39, 0.29) is 23.7 Å². The summed E-state index contributed by atoms with van der Waals surface area (Å²) in [5.41, 5.74) is 1.77. The van der Waals surface area contributed by atoms with E-state index in [9.17, 15) is 19.7 Å². The van der Waals surface area contributed by atoms with Gasteiger partial charge in [-0.2, -0.15) is 0 Å². The molecule has 0 saturated carbocycles. The summed E-state index contributed by atoms with van der Waals surface area (Å²) in [6.45, 7) is 1.38. The Bertz CT molecular complexity index is 915. The third kappa shape index (κ3) is 4.45. The molecule has 0 saturated heterocycles. The number of likely N-dealkylation sites (N-methyl/N-ethyl adjacent to an activating group) is 1. The predicted molar refractivity (Wildman–Crippen MR) is 97.8 cm³/mol. The Balaban J connectivity index is 2.04. The van der Waals surface area contributed by atoms with Gasteiger partial charge in [0.15, 0.2) is 0 Å². The van der Waals surface area contributed by atoms with Gasteiger partial charge in [0.25, 0.3) is 11.6 Å².